The van der Waals surface area contributed by atoms with E-state index < -0.39 is 0 Å². The van der Waals surface area contributed by atoms with E-state index in [2.05, 4.69) is 21.2 Å². The maximum absolute atomic E-state index is 11.0. The van der Waals surface area contributed by atoms with Crippen LogP contribution in [0.2, 0.25) is 0 Å². The molecule has 6 heteroatoms. The van der Waals surface area contributed by atoms with Crippen molar-refractivity contribution < 1.29 is 4.92 Å². The molecule has 1 aromatic rings. The van der Waals surface area contributed by atoms with Crippen LogP contribution in [-0.2, 0) is 0 Å². The highest BCUT2D eigenvalue weighted by molar-refractivity contribution is 9.10. The van der Waals surface area contributed by atoms with Crippen LogP contribution in [0.4, 0.5) is 11.4 Å². The molecule has 0 spiro atoms. The summed E-state index contributed by atoms with van der Waals surface area (Å²) in [5.41, 5.74) is 0.820. The summed E-state index contributed by atoms with van der Waals surface area (Å²) < 4.78 is 0.728. The Hall–Kier alpha value is -1.14. The predicted molar refractivity (Wildman–Crippen MR) is 70.5 cm³/mol. The van der Waals surface area contributed by atoms with Crippen LogP contribution in [0.5, 0.6) is 0 Å². The van der Waals surface area contributed by atoms with Crippen molar-refractivity contribution in [2.75, 3.05) is 25.0 Å². The fourth-order valence-electron chi connectivity index (χ4n) is 2.11. The van der Waals surface area contributed by atoms with Gasteiger partial charge in [0.2, 0.25) is 0 Å². The molecule has 1 aliphatic heterocycles. The highest BCUT2D eigenvalue weighted by atomic mass is 79.9. The quantitative estimate of drug-likeness (QED) is 0.686. The molecule has 0 aromatic heterocycles. The van der Waals surface area contributed by atoms with E-state index in [1.807, 2.05) is 18.0 Å². The number of hydrogen-bond acceptors (Lipinski definition) is 4. The summed E-state index contributed by atoms with van der Waals surface area (Å²) in [6, 6.07) is 5.51. The zero-order chi connectivity index (χ0) is 12.4. The maximum Gasteiger partial charge on any atom is 0.293 e. The fourth-order valence-corrected chi connectivity index (χ4v) is 2.46. The summed E-state index contributed by atoms with van der Waals surface area (Å²) in [5, 5.41) is 14.3. The van der Waals surface area contributed by atoms with Gasteiger partial charge >= 0.3 is 0 Å². The van der Waals surface area contributed by atoms with Crippen molar-refractivity contribution in [3.05, 3.63) is 32.8 Å². The largest absolute Gasteiger partial charge is 0.365 e. The van der Waals surface area contributed by atoms with Gasteiger partial charge in [0.1, 0.15) is 5.69 Å². The summed E-state index contributed by atoms with van der Waals surface area (Å²) in [7, 11) is 1.91. The number of rotatable bonds is 3. The molecule has 92 valence electrons. The van der Waals surface area contributed by atoms with Gasteiger partial charge in [-0.3, -0.25) is 10.1 Å². The van der Waals surface area contributed by atoms with Gasteiger partial charge in [0.05, 0.1) is 4.92 Å². The Bertz CT molecular complexity index is 433. The zero-order valence-corrected chi connectivity index (χ0v) is 11.1. The molecule has 0 bridgehead atoms. The molecule has 0 amide bonds. The number of nitro benzene ring substituents is 1. The van der Waals surface area contributed by atoms with Crippen LogP contribution in [0.15, 0.2) is 22.7 Å². The third-order valence-corrected chi connectivity index (χ3v) is 3.59. The van der Waals surface area contributed by atoms with Crippen molar-refractivity contribution in [2.24, 2.45) is 0 Å². The van der Waals surface area contributed by atoms with Crippen molar-refractivity contribution in [3.63, 3.8) is 0 Å². The second-order valence-corrected chi connectivity index (χ2v) is 5.06. The van der Waals surface area contributed by atoms with Crippen molar-refractivity contribution in [1.29, 1.82) is 0 Å². The minimum Gasteiger partial charge on any atom is -0.365 e. The lowest BCUT2D eigenvalue weighted by Crippen LogP contribution is -2.33. The van der Waals surface area contributed by atoms with Crippen LogP contribution in [0.25, 0.3) is 0 Å². The summed E-state index contributed by atoms with van der Waals surface area (Å²) in [5.74, 6) is 0. The van der Waals surface area contributed by atoms with Crippen LogP contribution in [0.3, 0.4) is 0 Å². The second kappa shape index (κ2) is 5.01. The Morgan fingerprint density at radius 3 is 2.94 bits per heavy atom. The molecular formula is C11H14BrN3O2. The standard InChI is InChI=1S/C11H14BrN3O2/c1-14(9-4-5-13-7-9)10-3-2-8(12)6-11(10)15(16)17/h2-3,6,9,13H,4-5,7H2,1H3. The van der Waals surface area contributed by atoms with Gasteiger partial charge < -0.3 is 10.2 Å². The molecule has 1 saturated heterocycles. The minimum atomic E-state index is -0.334. The van der Waals surface area contributed by atoms with Crippen molar-refractivity contribution in [1.82, 2.24) is 5.32 Å². The zero-order valence-electron chi connectivity index (χ0n) is 9.52. The molecular weight excluding hydrogens is 286 g/mol. The molecule has 1 unspecified atom stereocenters. The Kier molecular flexibility index (Phi) is 3.63. The second-order valence-electron chi connectivity index (χ2n) is 4.15. The summed E-state index contributed by atoms with van der Waals surface area (Å²) in [4.78, 5) is 12.7. The third kappa shape index (κ3) is 2.58. The average Bonchev–Trinajstić information content (AvgIpc) is 2.81. The average molecular weight is 300 g/mol. The van der Waals surface area contributed by atoms with Gasteiger partial charge in [0.15, 0.2) is 0 Å². The minimum absolute atomic E-state index is 0.147. The molecule has 1 aromatic carbocycles. The van der Waals surface area contributed by atoms with Gasteiger partial charge in [-0.1, -0.05) is 15.9 Å². The first-order valence-electron chi connectivity index (χ1n) is 5.47. The first-order valence-corrected chi connectivity index (χ1v) is 6.26. The van der Waals surface area contributed by atoms with E-state index in [0.717, 1.165) is 24.0 Å². The van der Waals surface area contributed by atoms with E-state index in [9.17, 15) is 10.1 Å². The first kappa shape index (κ1) is 12.3. The van der Waals surface area contributed by atoms with E-state index in [4.69, 9.17) is 0 Å². The summed E-state index contributed by atoms with van der Waals surface area (Å²) >= 11 is 3.26. The molecule has 1 aliphatic rings. The molecule has 1 fully saturated rings. The molecule has 0 saturated carbocycles. The fraction of sp³-hybridized carbons (Fsp3) is 0.455. The molecule has 2 rings (SSSR count). The Labute approximate surface area is 108 Å². The van der Waals surface area contributed by atoms with Crippen LogP contribution in [0.1, 0.15) is 6.42 Å². The molecule has 17 heavy (non-hydrogen) atoms. The van der Waals surface area contributed by atoms with E-state index in [0.29, 0.717) is 11.7 Å². The normalized spacial score (nSPS) is 19.3. The van der Waals surface area contributed by atoms with Gasteiger partial charge in [-0.25, -0.2) is 0 Å². The van der Waals surface area contributed by atoms with Gasteiger partial charge in [-0.05, 0) is 25.1 Å². The topological polar surface area (TPSA) is 58.4 Å². The highest BCUT2D eigenvalue weighted by Crippen LogP contribution is 2.32. The molecule has 0 radical (unpaired) electrons. The summed E-state index contributed by atoms with van der Waals surface area (Å²) in [6.45, 7) is 1.85. The lowest BCUT2D eigenvalue weighted by Gasteiger charge is -2.25. The monoisotopic (exact) mass is 299 g/mol. The van der Waals surface area contributed by atoms with E-state index in [1.165, 1.54) is 0 Å². The number of hydrogen-bond donors (Lipinski definition) is 1. The van der Waals surface area contributed by atoms with Crippen molar-refractivity contribution >= 4 is 27.3 Å². The Balaban J connectivity index is 2.33. The number of nitrogens with one attached hydrogen (secondary N) is 1. The third-order valence-electron chi connectivity index (χ3n) is 3.10. The van der Waals surface area contributed by atoms with Crippen LogP contribution in [0, 0.1) is 10.1 Å². The van der Waals surface area contributed by atoms with Crippen molar-refractivity contribution in [3.8, 4) is 0 Å². The van der Waals surface area contributed by atoms with Gasteiger partial charge in [0.25, 0.3) is 5.69 Å². The number of likely N-dealkylation sites (N-methyl/N-ethyl adjacent to an activating group) is 1. The van der Waals surface area contributed by atoms with E-state index >= 15 is 0 Å². The maximum atomic E-state index is 11.0. The molecule has 0 aliphatic carbocycles. The lowest BCUT2D eigenvalue weighted by molar-refractivity contribution is -0.384. The number of nitrogens with zero attached hydrogens (tertiary/aromatic N) is 2. The van der Waals surface area contributed by atoms with Crippen molar-refractivity contribution in [2.45, 2.75) is 12.5 Å². The number of halogens is 1. The van der Waals surface area contributed by atoms with Gasteiger partial charge in [0, 0.05) is 30.2 Å². The number of benzene rings is 1. The predicted octanol–water partition coefficient (Wildman–Crippen LogP) is 2.16. The molecule has 1 atom stereocenters. The molecule has 1 heterocycles. The number of nitro groups is 1. The van der Waals surface area contributed by atoms with E-state index in [1.54, 1.807) is 12.1 Å². The Morgan fingerprint density at radius 2 is 2.35 bits per heavy atom. The van der Waals surface area contributed by atoms with Crippen LogP contribution >= 0.6 is 15.9 Å². The van der Waals surface area contributed by atoms with E-state index in [-0.39, 0.29) is 10.6 Å². The Morgan fingerprint density at radius 1 is 1.59 bits per heavy atom. The lowest BCUT2D eigenvalue weighted by atomic mass is 10.2. The van der Waals surface area contributed by atoms with Crippen LogP contribution < -0.4 is 10.2 Å². The van der Waals surface area contributed by atoms with Crippen LogP contribution in [-0.4, -0.2) is 31.1 Å². The number of anilines is 1. The first-order chi connectivity index (χ1) is 8.09. The van der Waals surface area contributed by atoms with Gasteiger partial charge in [-0.15, -0.1) is 0 Å². The summed E-state index contributed by atoms with van der Waals surface area (Å²) in [6.07, 6.45) is 1.02. The molecule has 1 N–H and O–H groups in total. The highest BCUT2D eigenvalue weighted by Gasteiger charge is 2.25. The van der Waals surface area contributed by atoms with Gasteiger partial charge in [-0.2, -0.15) is 0 Å². The SMILES string of the molecule is CN(c1ccc(Br)cc1[N+](=O)[O-])C1CCNC1. The molecule has 5 nitrogen and oxygen atoms in total. The smallest absolute Gasteiger partial charge is 0.293 e.